The van der Waals surface area contributed by atoms with Crippen LogP contribution in [0, 0.1) is 12.7 Å². The Labute approximate surface area is 189 Å². The highest BCUT2D eigenvalue weighted by molar-refractivity contribution is 7.99. The smallest absolute Gasteiger partial charge is 0.260 e. The minimum atomic E-state index is -0.337. The maximum Gasteiger partial charge on any atom is 0.260 e. The summed E-state index contributed by atoms with van der Waals surface area (Å²) in [6, 6.07) is 11.2. The van der Waals surface area contributed by atoms with Gasteiger partial charge in [-0.1, -0.05) is 23.9 Å². The maximum absolute atomic E-state index is 13.3. The van der Waals surface area contributed by atoms with Crippen LogP contribution in [-0.2, 0) is 4.79 Å². The molecule has 162 valence electrons. The molecule has 2 aromatic heterocycles. The lowest BCUT2D eigenvalue weighted by atomic mass is 10.0. The van der Waals surface area contributed by atoms with Crippen molar-refractivity contribution >= 4 is 44.9 Å². The Kier molecular flexibility index (Phi) is 5.32. The van der Waals surface area contributed by atoms with E-state index in [1.54, 1.807) is 30.3 Å². The predicted molar refractivity (Wildman–Crippen MR) is 122 cm³/mol. The number of thiophene rings is 1. The summed E-state index contributed by atoms with van der Waals surface area (Å²) in [5.74, 6) is 0.704. The molecule has 0 radical (unpaired) electrons. The highest BCUT2D eigenvalue weighted by atomic mass is 32.2. The van der Waals surface area contributed by atoms with E-state index in [2.05, 4.69) is 15.3 Å². The van der Waals surface area contributed by atoms with Gasteiger partial charge in [-0.25, -0.2) is 9.37 Å². The Bertz CT molecular complexity index is 1400. The molecule has 1 amide bonds. The van der Waals surface area contributed by atoms with Crippen molar-refractivity contribution in [3.63, 3.8) is 0 Å². The molecule has 0 fully saturated rings. The second-order valence-electron chi connectivity index (χ2n) is 7.00. The third-order valence-corrected chi connectivity index (χ3v) is 6.72. The lowest BCUT2D eigenvalue weighted by Crippen LogP contribution is -2.15. The normalized spacial score (nSPS) is 12.3. The van der Waals surface area contributed by atoms with E-state index in [1.807, 2.05) is 6.92 Å². The first kappa shape index (κ1) is 20.5. The van der Waals surface area contributed by atoms with E-state index in [0.717, 1.165) is 27.8 Å². The molecule has 2 N–H and O–H groups in total. The Morgan fingerprint density at radius 1 is 1.22 bits per heavy atom. The monoisotopic (exact) mass is 469 g/mol. The van der Waals surface area contributed by atoms with Crippen LogP contribution < -0.4 is 20.3 Å². The first-order valence-corrected chi connectivity index (χ1v) is 11.4. The number of aromatic amines is 1. The van der Waals surface area contributed by atoms with E-state index in [4.69, 9.17) is 9.47 Å². The molecule has 32 heavy (non-hydrogen) atoms. The van der Waals surface area contributed by atoms with Gasteiger partial charge in [-0.2, -0.15) is 0 Å². The topological polar surface area (TPSA) is 93.3 Å². The fourth-order valence-electron chi connectivity index (χ4n) is 3.44. The Morgan fingerprint density at radius 3 is 2.81 bits per heavy atom. The van der Waals surface area contributed by atoms with Gasteiger partial charge in [-0.15, -0.1) is 11.3 Å². The third-order valence-electron chi connectivity index (χ3n) is 4.85. The molecule has 7 nitrogen and oxygen atoms in total. The molecule has 5 rings (SSSR count). The van der Waals surface area contributed by atoms with E-state index in [-0.39, 0.29) is 29.8 Å². The molecular weight excluding hydrogens is 453 g/mol. The Hall–Kier alpha value is -3.37. The number of carbonyl (C=O) groups excluding carboxylic acids is 1. The van der Waals surface area contributed by atoms with Crippen LogP contribution in [0.5, 0.6) is 11.5 Å². The van der Waals surface area contributed by atoms with Gasteiger partial charge in [0, 0.05) is 22.2 Å². The molecule has 0 bridgehead atoms. The summed E-state index contributed by atoms with van der Waals surface area (Å²) in [7, 11) is 0. The molecule has 0 saturated carbocycles. The average molecular weight is 470 g/mol. The summed E-state index contributed by atoms with van der Waals surface area (Å²) >= 11 is 2.53. The molecular formula is C22H16FN3O4S2. The van der Waals surface area contributed by atoms with Gasteiger partial charge in [-0.05, 0) is 36.8 Å². The van der Waals surface area contributed by atoms with Gasteiger partial charge < -0.3 is 19.8 Å². The van der Waals surface area contributed by atoms with E-state index >= 15 is 0 Å². The number of rotatable bonds is 5. The number of carbonyl (C=O) groups is 1. The number of fused-ring (bicyclic) bond motifs is 2. The summed E-state index contributed by atoms with van der Waals surface area (Å²) < 4.78 is 23.9. The number of nitrogens with zero attached hydrogens (tertiary/aromatic N) is 1. The Morgan fingerprint density at radius 2 is 2.00 bits per heavy atom. The van der Waals surface area contributed by atoms with Crippen molar-refractivity contribution in [1.82, 2.24) is 9.97 Å². The van der Waals surface area contributed by atoms with Crippen LogP contribution in [0.25, 0.3) is 21.3 Å². The van der Waals surface area contributed by atoms with Gasteiger partial charge in [0.2, 0.25) is 12.7 Å². The molecule has 1 aliphatic rings. The molecule has 3 heterocycles. The molecule has 2 aromatic carbocycles. The number of H-pyrrole nitrogens is 1. The van der Waals surface area contributed by atoms with Gasteiger partial charge in [0.05, 0.1) is 11.1 Å². The van der Waals surface area contributed by atoms with Crippen LogP contribution in [0.3, 0.4) is 0 Å². The number of amides is 1. The fraction of sp³-hybridized carbons (Fsp3) is 0.136. The molecule has 0 aliphatic carbocycles. The zero-order chi connectivity index (χ0) is 22.2. The molecule has 10 heteroatoms. The third kappa shape index (κ3) is 3.94. The summed E-state index contributed by atoms with van der Waals surface area (Å²) in [5.41, 5.74) is 1.80. The number of nitrogens with one attached hydrogen (secondary N) is 2. The number of aromatic nitrogens is 2. The zero-order valence-corrected chi connectivity index (χ0v) is 18.4. The quantitative estimate of drug-likeness (QED) is 0.329. The minimum Gasteiger partial charge on any atom is -0.454 e. The highest BCUT2D eigenvalue weighted by Gasteiger charge is 2.18. The van der Waals surface area contributed by atoms with Crippen molar-refractivity contribution in [3.05, 3.63) is 63.5 Å². The SMILES string of the molecule is Cc1sc2nc(SCC(=O)Nc3ccc4c(c3)OCO4)[nH]c(=O)c2c1-c1ccc(F)cc1. The molecule has 0 saturated heterocycles. The lowest BCUT2D eigenvalue weighted by Gasteiger charge is -2.06. The van der Waals surface area contributed by atoms with Crippen LogP contribution >= 0.6 is 23.1 Å². The molecule has 1 aliphatic heterocycles. The fourth-order valence-corrected chi connectivity index (χ4v) is 5.20. The van der Waals surface area contributed by atoms with E-state index < -0.39 is 0 Å². The van der Waals surface area contributed by atoms with E-state index in [9.17, 15) is 14.0 Å². The van der Waals surface area contributed by atoms with Crippen molar-refractivity contribution in [2.75, 3.05) is 17.9 Å². The Balaban J connectivity index is 1.33. The van der Waals surface area contributed by atoms with Crippen LogP contribution in [0.4, 0.5) is 10.1 Å². The van der Waals surface area contributed by atoms with Crippen LogP contribution in [0.2, 0.25) is 0 Å². The number of thioether (sulfide) groups is 1. The average Bonchev–Trinajstić information content (AvgIpc) is 3.36. The molecule has 0 unspecified atom stereocenters. The summed E-state index contributed by atoms with van der Waals surface area (Å²) in [5, 5.41) is 3.61. The summed E-state index contributed by atoms with van der Waals surface area (Å²) in [6.45, 7) is 2.06. The highest BCUT2D eigenvalue weighted by Crippen LogP contribution is 2.36. The van der Waals surface area contributed by atoms with E-state index in [1.165, 1.54) is 23.5 Å². The number of anilines is 1. The van der Waals surface area contributed by atoms with Crippen molar-refractivity contribution in [2.45, 2.75) is 12.1 Å². The summed E-state index contributed by atoms with van der Waals surface area (Å²) in [4.78, 5) is 33.9. The number of hydrogen-bond acceptors (Lipinski definition) is 7. The summed E-state index contributed by atoms with van der Waals surface area (Å²) in [6.07, 6.45) is 0. The zero-order valence-electron chi connectivity index (χ0n) is 16.7. The van der Waals surface area contributed by atoms with Gasteiger partial charge in [0.25, 0.3) is 5.56 Å². The van der Waals surface area contributed by atoms with Gasteiger partial charge in [0.1, 0.15) is 10.6 Å². The number of aryl methyl sites for hydroxylation is 1. The standard InChI is InChI=1S/C22H16FN3O4S2/c1-11-18(12-2-4-13(23)5-3-12)19-20(28)25-22(26-21(19)32-11)31-9-17(27)24-14-6-7-15-16(8-14)30-10-29-15/h2-8H,9-10H2,1H3,(H,24,27)(H,25,26,28). The second-order valence-corrected chi connectivity index (χ2v) is 9.16. The van der Waals surface area contributed by atoms with Crippen LogP contribution in [0.1, 0.15) is 4.88 Å². The number of ether oxygens (including phenoxy) is 2. The van der Waals surface area contributed by atoms with Crippen molar-refractivity contribution < 1.29 is 18.7 Å². The van der Waals surface area contributed by atoms with Crippen LogP contribution in [0.15, 0.2) is 52.4 Å². The second kappa shape index (κ2) is 8.29. The molecule has 0 atom stereocenters. The lowest BCUT2D eigenvalue weighted by molar-refractivity contribution is -0.113. The van der Waals surface area contributed by atoms with Crippen LogP contribution in [-0.4, -0.2) is 28.4 Å². The number of benzene rings is 2. The molecule has 0 spiro atoms. The van der Waals surface area contributed by atoms with Gasteiger partial charge >= 0.3 is 0 Å². The van der Waals surface area contributed by atoms with E-state index in [0.29, 0.717) is 32.6 Å². The van der Waals surface area contributed by atoms with Crippen molar-refractivity contribution in [3.8, 4) is 22.6 Å². The predicted octanol–water partition coefficient (Wildman–Crippen LogP) is 4.56. The first-order valence-electron chi connectivity index (χ1n) is 9.59. The maximum atomic E-state index is 13.3. The largest absolute Gasteiger partial charge is 0.454 e. The van der Waals surface area contributed by atoms with Crippen molar-refractivity contribution in [1.29, 1.82) is 0 Å². The molecule has 4 aromatic rings. The number of halogens is 1. The van der Waals surface area contributed by atoms with Crippen molar-refractivity contribution in [2.24, 2.45) is 0 Å². The van der Waals surface area contributed by atoms with Gasteiger partial charge in [0.15, 0.2) is 16.7 Å². The minimum absolute atomic E-state index is 0.0675. The number of hydrogen-bond donors (Lipinski definition) is 2. The van der Waals surface area contributed by atoms with Gasteiger partial charge in [-0.3, -0.25) is 9.59 Å². The first-order chi connectivity index (χ1) is 15.5.